The van der Waals surface area contributed by atoms with E-state index >= 15 is 0 Å². The first kappa shape index (κ1) is 17.3. The van der Waals surface area contributed by atoms with Gasteiger partial charge in [-0.15, -0.1) is 11.8 Å². The fraction of sp³-hybridized carbons (Fsp3) is 0.615. The molecule has 0 unspecified atom stereocenters. The highest BCUT2D eigenvalue weighted by Gasteiger charge is 2.56. The second kappa shape index (κ2) is 7.01. The van der Waals surface area contributed by atoms with Crippen LogP contribution in [0.15, 0.2) is 10.6 Å². The summed E-state index contributed by atoms with van der Waals surface area (Å²) in [7, 11) is 0. The Balaban J connectivity index is 2.00. The number of aliphatic hydroxyl groups is 1. The van der Waals surface area contributed by atoms with Crippen LogP contribution in [-0.2, 0) is 14.4 Å². The Kier molecular flexibility index (Phi) is 5.51. The predicted molar refractivity (Wildman–Crippen MR) is 84.3 cm³/mol. The number of β-lactam (4-membered cyclic amide) rings is 1. The second-order valence-corrected chi connectivity index (χ2v) is 6.91. The van der Waals surface area contributed by atoms with Gasteiger partial charge >= 0.3 is 5.97 Å². The van der Waals surface area contributed by atoms with E-state index < -0.39 is 18.0 Å². The van der Waals surface area contributed by atoms with Crippen LogP contribution in [0.5, 0.6) is 0 Å². The summed E-state index contributed by atoms with van der Waals surface area (Å²) in [5, 5.41) is 21.9. The Morgan fingerprint density at radius 1 is 1.55 bits per heavy atom. The van der Waals surface area contributed by atoms with Crippen molar-refractivity contribution >= 4 is 45.5 Å². The van der Waals surface area contributed by atoms with Crippen molar-refractivity contribution in [1.82, 2.24) is 10.2 Å². The first-order valence-electron chi connectivity index (χ1n) is 6.81. The summed E-state index contributed by atoms with van der Waals surface area (Å²) < 4.78 is 0. The van der Waals surface area contributed by atoms with Crippen molar-refractivity contribution in [2.75, 3.05) is 17.6 Å². The van der Waals surface area contributed by atoms with Crippen LogP contribution in [0.2, 0.25) is 0 Å². The number of nitrogens with one attached hydrogen (secondary N) is 1. The third kappa shape index (κ3) is 3.16. The summed E-state index contributed by atoms with van der Waals surface area (Å²) in [4.78, 5) is 36.4. The van der Waals surface area contributed by atoms with Crippen molar-refractivity contribution in [3.63, 3.8) is 0 Å². The van der Waals surface area contributed by atoms with Gasteiger partial charge in [0.05, 0.1) is 23.4 Å². The van der Waals surface area contributed by atoms with Gasteiger partial charge in [0, 0.05) is 23.6 Å². The summed E-state index contributed by atoms with van der Waals surface area (Å²) in [6, 6.07) is -0.266. The van der Waals surface area contributed by atoms with E-state index in [0.29, 0.717) is 23.6 Å². The fourth-order valence-electron chi connectivity index (χ4n) is 2.77. The third-order valence-corrected chi connectivity index (χ3v) is 5.34. The van der Waals surface area contributed by atoms with Crippen molar-refractivity contribution in [1.29, 1.82) is 0 Å². The molecule has 0 bridgehead atoms. The molecule has 0 spiro atoms. The Hall–Kier alpha value is -1.06. The lowest BCUT2D eigenvalue weighted by Crippen LogP contribution is -2.61. The number of fused-ring (bicyclic) bond motifs is 1. The number of carbonyl (C=O) groups is 3. The quantitative estimate of drug-likeness (QED) is 0.323. The monoisotopic (exact) mass is 392 g/mol. The van der Waals surface area contributed by atoms with E-state index in [0.717, 1.165) is 0 Å². The maximum Gasteiger partial charge on any atom is 0.353 e. The molecule has 2 aliphatic rings. The molecule has 0 aromatic carbocycles. The van der Waals surface area contributed by atoms with E-state index in [-0.39, 0.29) is 28.9 Å². The SMILES string of the molecule is C[C@@H](O)[C@H]1C(=O)N2C(C(=O)O)=C(SCCNC(=O)CBr)C[C@H]12. The van der Waals surface area contributed by atoms with Crippen LogP contribution in [0, 0.1) is 5.92 Å². The number of thioether (sulfide) groups is 1. The van der Waals surface area contributed by atoms with Gasteiger partial charge in [-0.3, -0.25) is 9.59 Å². The summed E-state index contributed by atoms with van der Waals surface area (Å²) in [6.07, 6.45) is -0.341. The minimum atomic E-state index is -1.13. The Morgan fingerprint density at radius 2 is 2.23 bits per heavy atom. The number of nitrogens with zero attached hydrogens (tertiary/aromatic N) is 1. The Bertz CT molecular complexity index is 537. The molecule has 3 N–H and O–H groups in total. The van der Waals surface area contributed by atoms with E-state index in [2.05, 4.69) is 21.2 Å². The van der Waals surface area contributed by atoms with Gasteiger partial charge < -0.3 is 20.4 Å². The van der Waals surface area contributed by atoms with Gasteiger partial charge in [-0.05, 0) is 6.92 Å². The van der Waals surface area contributed by atoms with Gasteiger partial charge in [0.1, 0.15) is 5.70 Å². The molecule has 7 nitrogen and oxygen atoms in total. The molecule has 1 fully saturated rings. The minimum absolute atomic E-state index is 0.0173. The second-order valence-electron chi connectivity index (χ2n) is 5.16. The largest absolute Gasteiger partial charge is 0.477 e. The molecular weight excluding hydrogens is 376 g/mol. The average molecular weight is 393 g/mol. The molecule has 3 atom stereocenters. The number of carboxylic acids is 1. The number of amides is 2. The van der Waals surface area contributed by atoms with Crippen LogP contribution in [-0.4, -0.2) is 62.7 Å². The highest BCUT2D eigenvalue weighted by Crippen LogP contribution is 2.46. The van der Waals surface area contributed by atoms with Gasteiger partial charge in [-0.2, -0.15) is 0 Å². The molecule has 2 amide bonds. The molecule has 2 rings (SSSR count). The summed E-state index contributed by atoms with van der Waals surface area (Å²) in [5.74, 6) is -1.60. The number of alkyl halides is 1. The van der Waals surface area contributed by atoms with Crippen molar-refractivity contribution < 1.29 is 24.6 Å². The highest BCUT2D eigenvalue weighted by atomic mass is 79.9. The molecular formula is C13H17BrN2O5S. The number of carbonyl (C=O) groups excluding carboxylic acids is 2. The standard InChI is InChI=1S/C13H17BrN2O5S/c1-6(17)10-7-4-8(22-3-2-15-9(18)5-14)11(13(20)21)16(7)12(10)19/h6-7,10,17H,2-5H2,1H3,(H,15,18)(H,20,21)/t6-,7-,10-/m1/s1. The maximum absolute atomic E-state index is 12.0. The van der Waals surface area contributed by atoms with Gasteiger partial charge in [0.2, 0.25) is 11.8 Å². The highest BCUT2D eigenvalue weighted by molar-refractivity contribution is 9.09. The third-order valence-electron chi connectivity index (χ3n) is 3.71. The summed E-state index contributed by atoms with van der Waals surface area (Å²) >= 11 is 4.37. The van der Waals surface area contributed by atoms with Crippen molar-refractivity contribution in [2.45, 2.75) is 25.5 Å². The fourth-order valence-corrected chi connectivity index (χ4v) is 4.03. The lowest BCUT2D eigenvalue weighted by molar-refractivity contribution is -0.161. The molecule has 2 aliphatic heterocycles. The van der Waals surface area contributed by atoms with Crippen LogP contribution in [0.4, 0.5) is 0 Å². The van der Waals surface area contributed by atoms with Gasteiger partial charge in [0.25, 0.3) is 0 Å². The lowest BCUT2D eigenvalue weighted by atomic mass is 9.83. The normalized spacial score (nSPS) is 24.9. The van der Waals surface area contributed by atoms with Crippen LogP contribution in [0.25, 0.3) is 0 Å². The molecule has 2 heterocycles. The number of rotatable bonds is 7. The molecule has 22 heavy (non-hydrogen) atoms. The summed E-state index contributed by atoms with van der Waals surface area (Å²) in [5.41, 5.74) is 0.0173. The molecule has 1 saturated heterocycles. The van der Waals surface area contributed by atoms with Crippen molar-refractivity contribution in [3.05, 3.63) is 10.6 Å². The van der Waals surface area contributed by atoms with Gasteiger partial charge in [0.15, 0.2) is 0 Å². The van der Waals surface area contributed by atoms with Crippen molar-refractivity contribution in [2.24, 2.45) is 5.92 Å². The topological polar surface area (TPSA) is 107 Å². The van der Waals surface area contributed by atoms with E-state index in [9.17, 15) is 24.6 Å². The smallest absolute Gasteiger partial charge is 0.353 e. The number of carboxylic acid groups (broad SMARTS) is 1. The van der Waals surface area contributed by atoms with Gasteiger partial charge in [-0.25, -0.2) is 4.79 Å². The molecule has 0 aromatic rings. The van der Waals surface area contributed by atoms with E-state index in [1.54, 1.807) is 6.92 Å². The maximum atomic E-state index is 12.0. The van der Waals surface area contributed by atoms with Crippen molar-refractivity contribution in [3.8, 4) is 0 Å². The number of hydrogen-bond acceptors (Lipinski definition) is 5. The molecule has 0 radical (unpaired) electrons. The van der Waals surface area contributed by atoms with Crippen LogP contribution < -0.4 is 5.32 Å². The number of aliphatic carboxylic acids is 1. The van der Waals surface area contributed by atoms with E-state index in [1.165, 1.54) is 16.7 Å². The first-order valence-corrected chi connectivity index (χ1v) is 8.92. The zero-order valence-electron chi connectivity index (χ0n) is 11.9. The predicted octanol–water partition coefficient (Wildman–Crippen LogP) is 0.138. The molecule has 122 valence electrons. The lowest BCUT2D eigenvalue weighted by Gasteiger charge is -2.44. The zero-order valence-corrected chi connectivity index (χ0v) is 14.3. The van der Waals surface area contributed by atoms with E-state index in [1.807, 2.05) is 0 Å². The minimum Gasteiger partial charge on any atom is -0.477 e. The van der Waals surface area contributed by atoms with E-state index in [4.69, 9.17) is 0 Å². The number of hydrogen-bond donors (Lipinski definition) is 3. The van der Waals surface area contributed by atoms with Gasteiger partial charge in [-0.1, -0.05) is 15.9 Å². The molecule has 0 saturated carbocycles. The molecule has 0 aromatic heterocycles. The average Bonchev–Trinajstić information content (AvgIpc) is 2.77. The zero-order chi connectivity index (χ0) is 16.4. The van der Waals surface area contributed by atoms with Crippen LogP contribution in [0.1, 0.15) is 13.3 Å². The molecule has 9 heteroatoms. The van der Waals surface area contributed by atoms with Crippen LogP contribution in [0.3, 0.4) is 0 Å². The Morgan fingerprint density at radius 3 is 2.77 bits per heavy atom. The first-order chi connectivity index (χ1) is 10.4. The number of halogens is 1. The Labute approximate surface area is 140 Å². The van der Waals surface area contributed by atoms with Crippen LogP contribution >= 0.6 is 27.7 Å². The summed E-state index contributed by atoms with van der Waals surface area (Å²) in [6.45, 7) is 1.96. The number of aliphatic hydroxyl groups excluding tert-OH is 1. The molecule has 0 aliphatic carbocycles.